The molecule has 1 rings (SSSR count). The van der Waals surface area contributed by atoms with Crippen LogP contribution >= 0.6 is 0 Å². The Morgan fingerprint density at radius 3 is 2.25 bits per heavy atom. The van der Waals surface area contributed by atoms with E-state index in [4.69, 9.17) is 0 Å². The fourth-order valence-corrected chi connectivity index (χ4v) is 1.30. The van der Waals surface area contributed by atoms with Gasteiger partial charge in [0.2, 0.25) is 5.91 Å². The molecular weight excluding hydrogens is 204 g/mol. The Balaban J connectivity index is 2.41. The van der Waals surface area contributed by atoms with Crippen molar-refractivity contribution in [2.75, 3.05) is 13.6 Å². The molecule has 2 N–H and O–H groups in total. The molecule has 0 saturated heterocycles. The average molecular weight is 228 g/mol. The second kappa shape index (κ2) is 4.34. The minimum atomic E-state index is -0.856. The summed E-state index contributed by atoms with van der Waals surface area (Å²) in [5.41, 5.74) is -1.33. The SMILES string of the molecule is CN(C(=O)CNC(C)(C)C(C)(C)O)C1CC1. The van der Waals surface area contributed by atoms with Crippen LogP contribution in [0.3, 0.4) is 0 Å². The Bertz CT molecular complexity index is 265. The smallest absolute Gasteiger partial charge is 0.236 e. The van der Waals surface area contributed by atoms with Gasteiger partial charge in [0.25, 0.3) is 0 Å². The van der Waals surface area contributed by atoms with Crippen LogP contribution in [0.5, 0.6) is 0 Å². The highest BCUT2D eigenvalue weighted by Gasteiger charge is 2.36. The number of hydrogen-bond donors (Lipinski definition) is 2. The van der Waals surface area contributed by atoms with Crippen LogP contribution in [-0.4, -0.2) is 46.7 Å². The standard InChI is InChI=1S/C12H24N2O2/c1-11(2,12(3,4)16)13-8-10(15)14(5)9-6-7-9/h9,13,16H,6-8H2,1-5H3. The summed E-state index contributed by atoms with van der Waals surface area (Å²) in [6, 6.07) is 0.444. The van der Waals surface area contributed by atoms with Crippen molar-refractivity contribution in [3.05, 3.63) is 0 Å². The third-order valence-corrected chi connectivity index (χ3v) is 3.70. The molecule has 0 spiro atoms. The van der Waals surface area contributed by atoms with E-state index in [1.54, 1.807) is 18.7 Å². The van der Waals surface area contributed by atoms with Crippen molar-refractivity contribution in [1.82, 2.24) is 10.2 Å². The van der Waals surface area contributed by atoms with E-state index in [9.17, 15) is 9.90 Å². The number of rotatable bonds is 5. The van der Waals surface area contributed by atoms with E-state index in [-0.39, 0.29) is 12.5 Å². The number of likely N-dealkylation sites (N-methyl/N-ethyl adjacent to an activating group) is 1. The highest BCUT2D eigenvalue weighted by molar-refractivity contribution is 5.78. The summed E-state index contributed by atoms with van der Waals surface area (Å²) in [5, 5.41) is 13.1. The van der Waals surface area contributed by atoms with Crippen molar-refractivity contribution in [1.29, 1.82) is 0 Å². The number of carbonyl (C=O) groups is 1. The molecule has 0 aromatic carbocycles. The normalized spacial score (nSPS) is 17.4. The lowest BCUT2D eigenvalue weighted by Gasteiger charge is -2.38. The first-order valence-corrected chi connectivity index (χ1v) is 5.88. The van der Waals surface area contributed by atoms with E-state index in [2.05, 4.69) is 5.32 Å². The minimum absolute atomic E-state index is 0.0971. The Labute approximate surface area is 98.0 Å². The first-order valence-electron chi connectivity index (χ1n) is 5.88. The molecule has 16 heavy (non-hydrogen) atoms. The van der Waals surface area contributed by atoms with Crippen molar-refractivity contribution in [2.45, 2.75) is 57.7 Å². The van der Waals surface area contributed by atoms with Gasteiger partial charge in [-0.3, -0.25) is 4.79 Å². The molecule has 4 nitrogen and oxygen atoms in total. The van der Waals surface area contributed by atoms with Crippen LogP contribution in [0.4, 0.5) is 0 Å². The zero-order chi connectivity index (χ0) is 12.6. The summed E-state index contributed by atoms with van der Waals surface area (Å²) in [7, 11) is 1.85. The summed E-state index contributed by atoms with van der Waals surface area (Å²) in [6.07, 6.45) is 2.24. The van der Waals surface area contributed by atoms with Crippen LogP contribution in [0.2, 0.25) is 0 Å². The van der Waals surface area contributed by atoms with Crippen LogP contribution in [0.1, 0.15) is 40.5 Å². The number of amides is 1. The molecule has 0 aliphatic heterocycles. The molecular formula is C12H24N2O2. The molecule has 1 aliphatic rings. The van der Waals surface area contributed by atoms with Crippen LogP contribution in [0.15, 0.2) is 0 Å². The van der Waals surface area contributed by atoms with Crippen molar-refractivity contribution in [2.24, 2.45) is 0 Å². The summed E-state index contributed by atoms with van der Waals surface area (Å²) in [5.74, 6) is 0.0971. The van der Waals surface area contributed by atoms with Crippen LogP contribution in [-0.2, 0) is 4.79 Å². The number of aliphatic hydroxyl groups is 1. The molecule has 1 saturated carbocycles. The first kappa shape index (κ1) is 13.5. The Hall–Kier alpha value is -0.610. The maximum atomic E-state index is 11.8. The van der Waals surface area contributed by atoms with Crippen LogP contribution in [0, 0.1) is 0 Å². The molecule has 4 heteroatoms. The first-order chi connectivity index (χ1) is 7.15. The highest BCUT2D eigenvalue weighted by atomic mass is 16.3. The monoisotopic (exact) mass is 228 g/mol. The lowest BCUT2D eigenvalue weighted by Crippen LogP contribution is -2.58. The van der Waals surface area contributed by atoms with E-state index in [0.29, 0.717) is 6.04 Å². The molecule has 1 amide bonds. The van der Waals surface area contributed by atoms with E-state index < -0.39 is 11.1 Å². The van der Waals surface area contributed by atoms with Crippen molar-refractivity contribution >= 4 is 5.91 Å². The zero-order valence-electron chi connectivity index (χ0n) is 11.0. The number of hydrogen-bond acceptors (Lipinski definition) is 3. The quantitative estimate of drug-likeness (QED) is 0.730. The number of nitrogens with one attached hydrogen (secondary N) is 1. The molecule has 0 atom stereocenters. The van der Waals surface area contributed by atoms with Gasteiger partial charge in [-0.25, -0.2) is 0 Å². The predicted molar refractivity (Wildman–Crippen MR) is 64.2 cm³/mol. The van der Waals surface area contributed by atoms with E-state index in [1.807, 2.05) is 20.9 Å². The molecule has 0 aromatic rings. The van der Waals surface area contributed by atoms with Crippen molar-refractivity contribution in [3.63, 3.8) is 0 Å². The Kier molecular flexibility index (Phi) is 3.65. The fraction of sp³-hybridized carbons (Fsp3) is 0.917. The highest BCUT2D eigenvalue weighted by Crippen LogP contribution is 2.25. The third-order valence-electron chi connectivity index (χ3n) is 3.70. The zero-order valence-corrected chi connectivity index (χ0v) is 11.0. The summed E-state index contributed by atoms with van der Waals surface area (Å²) < 4.78 is 0. The fourth-order valence-electron chi connectivity index (χ4n) is 1.30. The molecule has 94 valence electrons. The number of carbonyl (C=O) groups excluding carboxylic acids is 1. The predicted octanol–water partition coefficient (Wildman–Crippen LogP) is 0.746. The maximum absolute atomic E-state index is 11.8. The van der Waals surface area contributed by atoms with Crippen molar-refractivity contribution < 1.29 is 9.90 Å². The average Bonchev–Trinajstić information content (AvgIpc) is 2.94. The molecule has 1 aliphatic carbocycles. The van der Waals surface area contributed by atoms with Gasteiger partial charge in [0.1, 0.15) is 0 Å². The minimum Gasteiger partial charge on any atom is -0.389 e. The maximum Gasteiger partial charge on any atom is 0.236 e. The topological polar surface area (TPSA) is 52.6 Å². The van der Waals surface area contributed by atoms with E-state index >= 15 is 0 Å². The molecule has 0 unspecified atom stereocenters. The van der Waals surface area contributed by atoms with E-state index in [0.717, 1.165) is 12.8 Å². The van der Waals surface area contributed by atoms with Gasteiger partial charge in [-0.15, -0.1) is 0 Å². The van der Waals surface area contributed by atoms with Gasteiger partial charge in [0, 0.05) is 18.6 Å². The van der Waals surface area contributed by atoms with Gasteiger partial charge in [-0.2, -0.15) is 0 Å². The van der Waals surface area contributed by atoms with Gasteiger partial charge in [0.05, 0.1) is 12.1 Å². The second-order valence-electron chi connectivity index (χ2n) is 5.77. The molecule has 1 fully saturated rings. The Morgan fingerprint density at radius 2 is 1.88 bits per heavy atom. The van der Waals surface area contributed by atoms with Gasteiger partial charge in [-0.1, -0.05) is 0 Å². The van der Waals surface area contributed by atoms with Crippen LogP contribution < -0.4 is 5.32 Å². The van der Waals surface area contributed by atoms with E-state index in [1.165, 1.54) is 0 Å². The Morgan fingerprint density at radius 1 is 1.38 bits per heavy atom. The third kappa shape index (κ3) is 3.19. The molecule has 0 heterocycles. The number of nitrogens with zero attached hydrogens (tertiary/aromatic N) is 1. The molecule has 0 radical (unpaired) electrons. The van der Waals surface area contributed by atoms with Gasteiger partial charge < -0.3 is 15.3 Å². The van der Waals surface area contributed by atoms with Gasteiger partial charge >= 0.3 is 0 Å². The molecule has 0 aromatic heterocycles. The van der Waals surface area contributed by atoms with Crippen molar-refractivity contribution in [3.8, 4) is 0 Å². The molecule has 0 bridgehead atoms. The second-order valence-corrected chi connectivity index (χ2v) is 5.77. The summed E-state index contributed by atoms with van der Waals surface area (Å²) in [6.45, 7) is 7.57. The van der Waals surface area contributed by atoms with Gasteiger partial charge in [-0.05, 0) is 40.5 Å². The lowest BCUT2D eigenvalue weighted by atomic mass is 9.86. The lowest BCUT2D eigenvalue weighted by molar-refractivity contribution is -0.130. The van der Waals surface area contributed by atoms with Gasteiger partial charge in [0.15, 0.2) is 0 Å². The summed E-state index contributed by atoms with van der Waals surface area (Å²) >= 11 is 0. The van der Waals surface area contributed by atoms with Crippen LogP contribution in [0.25, 0.3) is 0 Å². The largest absolute Gasteiger partial charge is 0.389 e. The summed E-state index contributed by atoms with van der Waals surface area (Å²) in [4.78, 5) is 13.6.